The van der Waals surface area contributed by atoms with Crippen LogP contribution in [0.3, 0.4) is 0 Å². The average molecular weight is 409 g/mol. The smallest absolute Gasteiger partial charge is 0.330 e. The fourth-order valence-corrected chi connectivity index (χ4v) is 2.92. The Bertz CT molecular complexity index is 1070. The number of hydrogen-bond donors (Lipinski definition) is 2. The summed E-state index contributed by atoms with van der Waals surface area (Å²) in [6, 6.07) is 12.2. The zero-order valence-corrected chi connectivity index (χ0v) is 16.8. The van der Waals surface area contributed by atoms with E-state index in [0.29, 0.717) is 11.5 Å². The Kier molecular flexibility index (Phi) is 6.41. The number of aryl methyl sites for hydroxylation is 2. The normalized spacial score (nSPS) is 10.8. The van der Waals surface area contributed by atoms with Crippen LogP contribution in [0.25, 0.3) is 6.08 Å². The van der Waals surface area contributed by atoms with Crippen LogP contribution in [0.4, 0.5) is 31.8 Å². The second-order valence-corrected chi connectivity index (χ2v) is 6.67. The van der Waals surface area contributed by atoms with Crippen LogP contribution in [0.1, 0.15) is 16.7 Å². The summed E-state index contributed by atoms with van der Waals surface area (Å²) in [4.78, 5) is 15.6. The first kappa shape index (κ1) is 21.0. The molecule has 0 fully saturated rings. The van der Waals surface area contributed by atoms with Gasteiger partial charge in [0.25, 0.3) is 0 Å². The maximum atomic E-state index is 14.2. The highest BCUT2D eigenvalue weighted by Gasteiger charge is 2.10. The summed E-state index contributed by atoms with van der Waals surface area (Å²) >= 11 is 0. The number of carbonyl (C=O) groups excluding carboxylic acids is 1. The molecule has 0 atom stereocenters. The quantitative estimate of drug-likeness (QED) is 0.407. The molecular weight excluding hydrogens is 388 g/mol. The zero-order valence-electron chi connectivity index (χ0n) is 16.8. The van der Waals surface area contributed by atoms with E-state index in [1.165, 1.54) is 49.6 Å². The number of hydrogen-bond acceptors (Lipinski definition) is 5. The first-order valence-electron chi connectivity index (χ1n) is 9.19. The highest BCUT2D eigenvalue weighted by atomic mass is 19.1. The van der Waals surface area contributed by atoms with Gasteiger partial charge in [-0.15, -0.1) is 0 Å². The van der Waals surface area contributed by atoms with E-state index in [4.69, 9.17) is 0 Å². The van der Waals surface area contributed by atoms with E-state index < -0.39 is 11.8 Å². The molecule has 0 unspecified atom stereocenters. The van der Waals surface area contributed by atoms with Crippen LogP contribution >= 0.6 is 0 Å². The van der Waals surface area contributed by atoms with Crippen molar-refractivity contribution in [3.8, 4) is 0 Å². The minimum Gasteiger partial charge on any atom is -0.466 e. The molecule has 0 aliphatic carbocycles. The van der Waals surface area contributed by atoms with Crippen molar-refractivity contribution in [1.82, 2.24) is 4.98 Å². The Balaban J connectivity index is 1.83. The molecular formula is C23H21F2N3O2. The molecule has 3 aromatic rings. The SMILES string of the molecule is COC(=O)/C=C/c1cc(C)c(Nc2ccc(F)c(Nc3ccc(F)cc3)n2)c(C)c1. The van der Waals surface area contributed by atoms with E-state index in [0.717, 1.165) is 22.4 Å². The average Bonchev–Trinajstić information content (AvgIpc) is 2.72. The third-order valence-electron chi connectivity index (χ3n) is 4.37. The number of anilines is 4. The van der Waals surface area contributed by atoms with Crippen molar-refractivity contribution in [2.24, 2.45) is 0 Å². The van der Waals surface area contributed by atoms with Crippen LogP contribution in [0.2, 0.25) is 0 Å². The second kappa shape index (κ2) is 9.17. The molecule has 154 valence electrons. The van der Waals surface area contributed by atoms with Crippen LogP contribution in [-0.4, -0.2) is 18.1 Å². The van der Waals surface area contributed by atoms with Crippen molar-refractivity contribution in [1.29, 1.82) is 0 Å². The molecule has 3 rings (SSSR count). The van der Waals surface area contributed by atoms with Gasteiger partial charge < -0.3 is 15.4 Å². The highest BCUT2D eigenvalue weighted by Crippen LogP contribution is 2.28. The molecule has 1 heterocycles. The molecule has 0 saturated heterocycles. The Labute approximate surface area is 173 Å². The van der Waals surface area contributed by atoms with Crippen molar-refractivity contribution in [3.63, 3.8) is 0 Å². The maximum Gasteiger partial charge on any atom is 0.330 e. The molecule has 2 aromatic carbocycles. The first-order chi connectivity index (χ1) is 14.4. The minimum absolute atomic E-state index is 0.0274. The van der Waals surface area contributed by atoms with Gasteiger partial charge in [0.2, 0.25) is 0 Å². The highest BCUT2D eigenvalue weighted by molar-refractivity contribution is 5.87. The molecule has 0 spiro atoms. The largest absolute Gasteiger partial charge is 0.466 e. The number of ether oxygens (including phenoxy) is 1. The standard InChI is InChI=1S/C23H21F2N3O2/c1-14-12-16(4-11-21(29)30-3)13-15(2)22(14)27-20-10-9-19(25)23(28-20)26-18-7-5-17(24)6-8-18/h4-13H,1-3H3,(H2,26,27,28)/b11-4+. The van der Waals surface area contributed by atoms with E-state index in [9.17, 15) is 13.6 Å². The van der Waals surface area contributed by atoms with E-state index in [1.54, 1.807) is 6.08 Å². The van der Waals surface area contributed by atoms with Gasteiger partial charge in [-0.25, -0.2) is 18.6 Å². The van der Waals surface area contributed by atoms with Gasteiger partial charge in [-0.3, -0.25) is 0 Å². The predicted octanol–water partition coefficient (Wildman–Crippen LogP) is 5.65. The van der Waals surface area contributed by atoms with E-state index in [-0.39, 0.29) is 11.6 Å². The van der Waals surface area contributed by atoms with Crippen molar-refractivity contribution >= 4 is 35.1 Å². The summed E-state index contributed by atoms with van der Waals surface area (Å²) in [6.07, 6.45) is 3.03. The van der Waals surface area contributed by atoms with Gasteiger partial charge in [0, 0.05) is 17.5 Å². The molecule has 0 radical (unpaired) electrons. The van der Waals surface area contributed by atoms with Crippen LogP contribution in [-0.2, 0) is 9.53 Å². The van der Waals surface area contributed by atoms with Crippen LogP contribution < -0.4 is 10.6 Å². The van der Waals surface area contributed by atoms with Crippen molar-refractivity contribution < 1.29 is 18.3 Å². The Morgan fingerprint density at radius 2 is 1.67 bits per heavy atom. The monoisotopic (exact) mass is 409 g/mol. The lowest BCUT2D eigenvalue weighted by molar-refractivity contribution is -0.134. The lowest BCUT2D eigenvalue weighted by Crippen LogP contribution is -2.03. The molecule has 30 heavy (non-hydrogen) atoms. The number of nitrogens with zero attached hydrogens (tertiary/aromatic N) is 1. The Hall–Kier alpha value is -3.74. The summed E-state index contributed by atoms with van der Waals surface area (Å²) in [5.41, 5.74) is 4.06. The number of methoxy groups -OCH3 is 1. The van der Waals surface area contributed by atoms with E-state index in [1.807, 2.05) is 26.0 Å². The lowest BCUT2D eigenvalue weighted by Gasteiger charge is -2.15. The number of aromatic nitrogens is 1. The number of halogens is 2. The third-order valence-corrected chi connectivity index (χ3v) is 4.37. The molecule has 7 heteroatoms. The minimum atomic E-state index is -0.526. The fourth-order valence-electron chi connectivity index (χ4n) is 2.92. The lowest BCUT2D eigenvalue weighted by atomic mass is 10.0. The molecule has 1 aromatic heterocycles. The number of rotatable bonds is 6. The van der Waals surface area contributed by atoms with Gasteiger partial charge >= 0.3 is 5.97 Å². The number of pyridine rings is 1. The number of nitrogens with one attached hydrogen (secondary N) is 2. The van der Waals surface area contributed by atoms with Crippen molar-refractivity contribution in [2.45, 2.75) is 13.8 Å². The molecule has 0 saturated carbocycles. The topological polar surface area (TPSA) is 63.2 Å². The molecule has 0 amide bonds. The van der Waals surface area contributed by atoms with Gasteiger partial charge in [-0.2, -0.15) is 0 Å². The summed E-state index contributed by atoms with van der Waals surface area (Å²) < 4.78 is 31.9. The molecule has 0 aliphatic heterocycles. The zero-order chi connectivity index (χ0) is 21.7. The molecule has 2 N–H and O–H groups in total. The summed E-state index contributed by atoms with van der Waals surface area (Å²) in [6.45, 7) is 3.85. The summed E-state index contributed by atoms with van der Waals surface area (Å²) in [5.74, 6) is -0.851. The van der Waals surface area contributed by atoms with Gasteiger partial charge in [0.15, 0.2) is 11.6 Å². The first-order valence-corrected chi connectivity index (χ1v) is 9.19. The second-order valence-electron chi connectivity index (χ2n) is 6.67. The number of carbonyl (C=O) groups is 1. The van der Waals surface area contributed by atoms with E-state index in [2.05, 4.69) is 20.4 Å². The predicted molar refractivity (Wildman–Crippen MR) is 114 cm³/mol. The number of esters is 1. The van der Waals surface area contributed by atoms with Gasteiger partial charge in [-0.05, 0) is 85.1 Å². The van der Waals surface area contributed by atoms with Crippen LogP contribution in [0.5, 0.6) is 0 Å². The Morgan fingerprint density at radius 3 is 2.30 bits per heavy atom. The van der Waals surface area contributed by atoms with E-state index >= 15 is 0 Å². The van der Waals surface area contributed by atoms with Gasteiger partial charge in [0.05, 0.1) is 7.11 Å². The van der Waals surface area contributed by atoms with Gasteiger partial charge in [-0.1, -0.05) is 0 Å². The summed E-state index contributed by atoms with van der Waals surface area (Å²) in [5, 5.41) is 6.06. The molecule has 0 bridgehead atoms. The number of benzene rings is 2. The van der Waals surface area contributed by atoms with Crippen LogP contribution in [0, 0.1) is 25.5 Å². The van der Waals surface area contributed by atoms with Crippen molar-refractivity contribution in [2.75, 3.05) is 17.7 Å². The van der Waals surface area contributed by atoms with Gasteiger partial charge in [0.1, 0.15) is 11.6 Å². The maximum absolute atomic E-state index is 14.2. The van der Waals surface area contributed by atoms with Crippen LogP contribution in [0.15, 0.2) is 54.6 Å². The Morgan fingerprint density at radius 1 is 1.00 bits per heavy atom. The molecule has 0 aliphatic rings. The van der Waals surface area contributed by atoms with Crippen molar-refractivity contribution in [3.05, 3.63) is 82.9 Å². The third kappa shape index (κ3) is 5.20. The fraction of sp³-hybridized carbons (Fsp3) is 0.130. The molecule has 5 nitrogen and oxygen atoms in total. The summed E-state index contributed by atoms with van der Waals surface area (Å²) in [7, 11) is 1.32.